The number of aryl methyl sites for hydroxylation is 1. The zero-order valence-electron chi connectivity index (χ0n) is 9.27. The molecular weight excluding hydrogens is 192 g/mol. The van der Waals surface area contributed by atoms with E-state index < -0.39 is 11.9 Å². The first-order valence-electron chi connectivity index (χ1n) is 4.87. The van der Waals surface area contributed by atoms with Gasteiger partial charge in [-0.15, -0.1) is 0 Å². The Hall–Kier alpha value is -1.58. The molecule has 0 aliphatic rings. The van der Waals surface area contributed by atoms with E-state index in [-0.39, 0.29) is 0 Å². The summed E-state index contributed by atoms with van der Waals surface area (Å²) in [7, 11) is 1.85. The predicted molar refractivity (Wildman–Crippen MR) is 59.0 cm³/mol. The summed E-state index contributed by atoms with van der Waals surface area (Å²) in [6, 6.07) is 3.85. The van der Waals surface area contributed by atoms with Gasteiger partial charge in [-0.1, -0.05) is 6.92 Å². The van der Waals surface area contributed by atoms with Crippen LogP contribution in [0.15, 0.2) is 18.3 Å². The van der Waals surface area contributed by atoms with Crippen LogP contribution in [0.25, 0.3) is 0 Å². The van der Waals surface area contributed by atoms with Crippen molar-refractivity contribution in [3.05, 3.63) is 23.9 Å². The first-order valence-corrected chi connectivity index (χ1v) is 4.87. The van der Waals surface area contributed by atoms with Gasteiger partial charge in [0.25, 0.3) is 0 Å². The van der Waals surface area contributed by atoms with E-state index in [9.17, 15) is 4.79 Å². The number of pyridine rings is 1. The van der Waals surface area contributed by atoms with Crippen molar-refractivity contribution < 1.29 is 9.90 Å². The second kappa shape index (κ2) is 4.77. The Kier molecular flexibility index (Phi) is 3.66. The maximum absolute atomic E-state index is 10.7. The third kappa shape index (κ3) is 3.23. The minimum absolute atomic E-state index is 0.391. The van der Waals surface area contributed by atoms with Crippen molar-refractivity contribution in [1.82, 2.24) is 4.98 Å². The molecule has 0 radical (unpaired) electrons. The fourth-order valence-corrected chi connectivity index (χ4v) is 1.31. The molecule has 1 atom stereocenters. The number of carboxylic acids is 1. The molecule has 4 nitrogen and oxygen atoms in total. The molecule has 0 amide bonds. The second-order valence-corrected chi connectivity index (χ2v) is 3.81. The molecule has 0 aromatic carbocycles. The molecule has 0 aliphatic heterocycles. The Morgan fingerprint density at radius 3 is 2.87 bits per heavy atom. The van der Waals surface area contributed by atoms with Crippen molar-refractivity contribution in [2.24, 2.45) is 5.92 Å². The number of rotatable bonds is 4. The zero-order chi connectivity index (χ0) is 11.4. The SMILES string of the molecule is Cc1ccnc(N(C)CC(C)C(=O)O)c1. The summed E-state index contributed by atoms with van der Waals surface area (Å²) in [5, 5.41) is 8.79. The maximum Gasteiger partial charge on any atom is 0.308 e. The second-order valence-electron chi connectivity index (χ2n) is 3.81. The highest BCUT2D eigenvalue weighted by Crippen LogP contribution is 2.12. The van der Waals surface area contributed by atoms with Crippen molar-refractivity contribution in [3.63, 3.8) is 0 Å². The molecule has 1 aromatic rings. The minimum Gasteiger partial charge on any atom is -0.481 e. The average molecular weight is 208 g/mol. The third-order valence-corrected chi connectivity index (χ3v) is 2.26. The zero-order valence-corrected chi connectivity index (χ0v) is 9.27. The lowest BCUT2D eigenvalue weighted by Gasteiger charge is -2.20. The summed E-state index contributed by atoms with van der Waals surface area (Å²) < 4.78 is 0. The van der Waals surface area contributed by atoms with Gasteiger partial charge < -0.3 is 10.0 Å². The lowest BCUT2D eigenvalue weighted by Crippen LogP contribution is -2.28. The molecule has 1 N–H and O–H groups in total. The Morgan fingerprint density at radius 2 is 2.33 bits per heavy atom. The summed E-state index contributed by atoms with van der Waals surface area (Å²) in [6.07, 6.45) is 1.73. The van der Waals surface area contributed by atoms with Gasteiger partial charge in [0.1, 0.15) is 5.82 Å². The molecule has 1 heterocycles. The van der Waals surface area contributed by atoms with E-state index in [1.165, 1.54) is 0 Å². The fraction of sp³-hybridized carbons (Fsp3) is 0.455. The number of aliphatic carboxylic acids is 1. The molecule has 0 aliphatic carbocycles. The van der Waals surface area contributed by atoms with Crippen molar-refractivity contribution in [2.45, 2.75) is 13.8 Å². The first kappa shape index (κ1) is 11.5. The van der Waals surface area contributed by atoms with Crippen LogP contribution in [0.2, 0.25) is 0 Å². The lowest BCUT2D eigenvalue weighted by molar-refractivity contribution is -0.140. The highest BCUT2D eigenvalue weighted by molar-refractivity contribution is 5.70. The van der Waals surface area contributed by atoms with Crippen LogP contribution in [0.3, 0.4) is 0 Å². The van der Waals surface area contributed by atoms with Crippen LogP contribution in [-0.2, 0) is 4.79 Å². The monoisotopic (exact) mass is 208 g/mol. The molecule has 0 bridgehead atoms. The molecule has 82 valence electrons. The van der Waals surface area contributed by atoms with E-state index >= 15 is 0 Å². The largest absolute Gasteiger partial charge is 0.481 e. The van der Waals surface area contributed by atoms with E-state index in [2.05, 4.69) is 4.98 Å². The van der Waals surface area contributed by atoms with Crippen molar-refractivity contribution in [2.75, 3.05) is 18.5 Å². The molecule has 1 aromatic heterocycles. The van der Waals surface area contributed by atoms with E-state index in [4.69, 9.17) is 5.11 Å². The van der Waals surface area contributed by atoms with Crippen molar-refractivity contribution in [3.8, 4) is 0 Å². The lowest BCUT2D eigenvalue weighted by atomic mass is 10.2. The number of hydrogen-bond acceptors (Lipinski definition) is 3. The topological polar surface area (TPSA) is 53.4 Å². The number of nitrogens with zero attached hydrogens (tertiary/aromatic N) is 2. The van der Waals surface area contributed by atoms with Crippen molar-refractivity contribution >= 4 is 11.8 Å². The predicted octanol–water partition coefficient (Wildman–Crippen LogP) is 1.55. The quantitative estimate of drug-likeness (QED) is 0.815. The number of carbonyl (C=O) groups is 1. The number of anilines is 1. The molecule has 4 heteroatoms. The minimum atomic E-state index is -0.783. The Labute approximate surface area is 89.6 Å². The summed E-state index contributed by atoms with van der Waals surface area (Å²) >= 11 is 0. The molecular formula is C11H16N2O2. The number of carboxylic acid groups (broad SMARTS) is 1. The van der Waals surface area contributed by atoms with Crippen LogP contribution in [0.4, 0.5) is 5.82 Å². The third-order valence-electron chi connectivity index (χ3n) is 2.26. The molecule has 0 saturated heterocycles. The molecule has 1 unspecified atom stereocenters. The van der Waals surface area contributed by atoms with Gasteiger partial charge in [-0.25, -0.2) is 4.98 Å². The standard InChI is InChI=1S/C11H16N2O2/c1-8-4-5-12-10(6-8)13(3)7-9(2)11(14)15/h4-6,9H,7H2,1-3H3,(H,14,15). The Bertz CT molecular complexity index is 352. The Morgan fingerprint density at radius 1 is 1.67 bits per heavy atom. The summed E-state index contributed by atoms with van der Waals surface area (Å²) in [5.41, 5.74) is 1.12. The number of hydrogen-bond donors (Lipinski definition) is 1. The van der Waals surface area contributed by atoms with E-state index in [0.29, 0.717) is 6.54 Å². The van der Waals surface area contributed by atoms with E-state index in [1.807, 2.05) is 31.0 Å². The van der Waals surface area contributed by atoms with Gasteiger partial charge in [-0.05, 0) is 24.6 Å². The van der Waals surface area contributed by atoms with Crippen LogP contribution in [0.5, 0.6) is 0 Å². The smallest absolute Gasteiger partial charge is 0.308 e. The highest BCUT2D eigenvalue weighted by atomic mass is 16.4. The average Bonchev–Trinajstić information content (AvgIpc) is 2.17. The normalized spacial score (nSPS) is 12.2. The molecule has 1 rings (SSSR count). The molecule has 0 saturated carbocycles. The van der Waals surface area contributed by atoms with Gasteiger partial charge in [-0.3, -0.25) is 4.79 Å². The highest BCUT2D eigenvalue weighted by Gasteiger charge is 2.14. The van der Waals surface area contributed by atoms with Gasteiger partial charge in [0.05, 0.1) is 5.92 Å². The maximum atomic E-state index is 10.7. The van der Waals surface area contributed by atoms with Gasteiger partial charge in [0, 0.05) is 19.8 Å². The summed E-state index contributed by atoms with van der Waals surface area (Å²) in [6.45, 7) is 4.14. The van der Waals surface area contributed by atoms with Gasteiger partial charge in [-0.2, -0.15) is 0 Å². The van der Waals surface area contributed by atoms with Crippen LogP contribution in [0, 0.1) is 12.8 Å². The van der Waals surface area contributed by atoms with Gasteiger partial charge in [0.2, 0.25) is 0 Å². The van der Waals surface area contributed by atoms with Gasteiger partial charge in [0.15, 0.2) is 0 Å². The van der Waals surface area contributed by atoms with Crippen LogP contribution in [0.1, 0.15) is 12.5 Å². The van der Waals surface area contributed by atoms with E-state index in [0.717, 1.165) is 11.4 Å². The van der Waals surface area contributed by atoms with Crippen molar-refractivity contribution in [1.29, 1.82) is 0 Å². The van der Waals surface area contributed by atoms with Crippen LogP contribution in [-0.4, -0.2) is 29.7 Å². The number of aromatic nitrogens is 1. The van der Waals surface area contributed by atoms with E-state index in [1.54, 1.807) is 13.1 Å². The molecule has 0 spiro atoms. The van der Waals surface area contributed by atoms with Crippen LogP contribution < -0.4 is 4.90 Å². The van der Waals surface area contributed by atoms with Crippen LogP contribution >= 0.6 is 0 Å². The fourth-order valence-electron chi connectivity index (χ4n) is 1.31. The molecule has 0 fully saturated rings. The first-order chi connectivity index (χ1) is 7.00. The van der Waals surface area contributed by atoms with Gasteiger partial charge >= 0.3 is 5.97 Å². The summed E-state index contributed by atoms with van der Waals surface area (Å²) in [4.78, 5) is 16.7. The Balaban J connectivity index is 2.68. The summed E-state index contributed by atoms with van der Waals surface area (Å²) in [5.74, 6) is -0.366. The molecule has 15 heavy (non-hydrogen) atoms.